The molecule has 104 valence electrons. The Morgan fingerprint density at radius 1 is 1.30 bits per heavy atom. The highest BCUT2D eigenvalue weighted by molar-refractivity contribution is 6.33. The predicted molar refractivity (Wildman–Crippen MR) is 81.0 cm³/mol. The third-order valence-corrected chi connectivity index (χ3v) is 3.10. The standard InChI is InChI=1S/C15H15ClN2O2/c1-20-9-10-3-2-4-12(7-10)18-15(19)11-5-6-13(16)14(17)8-11/h2-8H,9,17H2,1H3,(H,18,19). The summed E-state index contributed by atoms with van der Waals surface area (Å²) < 4.78 is 5.06. The highest BCUT2D eigenvalue weighted by Gasteiger charge is 2.08. The monoisotopic (exact) mass is 290 g/mol. The summed E-state index contributed by atoms with van der Waals surface area (Å²) in [4.78, 5) is 12.1. The fraction of sp³-hybridized carbons (Fsp3) is 0.133. The maximum atomic E-state index is 12.1. The third kappa shape index (κ3) is 3.50. The first-order valence-electron chi connectivity index (χ1n) is 6.04. The molecule has 0 unspecified atom stereocenters. The zero-order valence-corrected chi connectivity index (χ0v) is 11.8. The molecule has 0 aliphatic rings. The molecule has 20 heavy (non-hydrogen) atoms. The molecule has 2 rings (SSSR count). The zero-order chi connectivity index (χ0) is 14.5. The molecule has 0 heterocycles. The van der Waals surface area contributed by atoms with Crippen LogP contribution in [-0.2, 0) is 11.3 Å². The van der Waals surface area contributed by atoms with Crippen LogP contribution in [0.4, 0.5) is 11.4 Å². The number of methoxy groups -OCH3 is 1. The van der Waals surface area contributed by atoms with Crippen LogP contribution in [0.2, 0.25) is 5.02 Å². The molecule has 0 saturated heterocycles. The van der Waals surface area contributed by atoms with Gasteiger partial charge in [0.2, 0.25) is 0 Å². The van der Waals surface area contributed by atoms with Gasteiger partial charge in [0.05, 0.1) is 17.3 Å². The van der Waals surface area contributed by atoms with Crippen LogP contribution in [0, 0.1) is 0 Å². The number of nitrogens with two attached hydrogens (primary N) is 1. The lowest BCUT2D eigenvalue weighted by molar-refractivity contribution is 0.102. The first kappa shape index (κ1) is 14.4. The van der Waals surface area contributed by atoms with Gasteiger partial charge in [0, 0.05) is 18.4 Å². The van der Waals surface area contributed by atoms with Crippen molar-refractivity contribution in [1.29, 1.82) is 0 Å². The van der Waals surface area contributed by atoms with Crippen molar-refractivity contribution in [2.75, 3.05) is 18.2 Å². The molecule has 2 aromatic rings. The minimum Gasteiger partial charge on any atom is -0.398 e. The lowest BCUT2D eigenvalue weighted by atomic mass is 10.1. The second-order valence-electron chi connectivity index (χ2n) is 4.32. The fourth-order valence-corrected chi connectivity index (χ4v) is 1.91. The molecule has 3 N–H and O–H groups in total. The number of hydrogen-bond donors (Lipinski definition) is 2. The number of amides is 1. The van der Waals surface area contributed by atoms with Crippen molar-refractivity contribution in [3.05, 3.63) is 58.6 Å². The average molecular weight is 291 g/mol. The maximum Gasteiger partial charge on any atom is 0.255 e. The van der Waals surface area contributed by atoms with E-state index in [0.29, 0.717) is 28.6 Å². The van der Waals surface area contributed by atoms with E-state index in [-0.39, 0.29) is 5.91 Å². The molecule has 2 aromatic carbocycles. The van der Waals surface area contributed by atoms with E-state index in [1.807, 2.05) is 24.3 Å². The molecular weight excluding hydrogens is 276 g/mol. The van der Waals surface area contributed by atoms with Crippen LogP contribution in [0.3, 0.4) is 0 Å². The summed E-state index contributed by atoms with van der Waals surface area (Å²) in [6.07, 6.45) is 0. The molecule has 0 bridgehead atoms. The van der Waals surface area contributed by atoms with Crippen LogP contribution < -0.4 is 11.1 Å². The van der Waals surface area contributed by atoms with E-state index in [1.165, 1.54) is 0 Å². The Bertz CT molecular complexity index is 629. The molecule has 0 aliphatic heterocycles. The molecule has 0 aromatic heterocycles. The highest BCUT2D eigenvalue weighted by Crippen LogP contribution is 2.20. The highest BCUT2D eigenvalue weighted by atomic mass is 35.5. The lowest BCUT2D eigenvalue weighted by Gasteiger charge is -2.08. The van der Waals surface area contributed by atoms with Gasteiger partial charge in [0.1, 0.15) is 0 Å². The Hall–Kier alpha value is -2.04. The van der Waals surface area contributed by atoms with Crippen molar-refractivity contribution in [3.8, 4) is 0 Å². The van der Waals surface area contributed by atoms with Gasteiger partial charge in [-0.05, 0) is 35.9 Å². The fourth-order valence-electron chi connectivity index (χ4n) is 1.79. The summed E-state index contributed by atoms with van der Waals surface area (Å²) >= 11 is 5.83. The minimum absolute atomic E-state index is 0.233. The Morgan fingerprint density at radius 3 is 2.80 bits per heavy atom. The normalized spacial score (nSPS) is 10.3. The average Bonchev–Trinajstić information content (AvgIpc) is 2.42. The summed E-state index contributed by atoms with van der Waals surface area (Å²) in [6, 6.07) is 12.3. The molecule has 0 aliphatic carbocycles. The SMILES string of the molecule is COCc1cccc(NC(=O)c2ccc(Cl)c(N)c2)c1. The van der Waals surface area contributed by atoms with Crippen LogP contribution in [0.15, 0.2) is 42.5 Å². The van der Waals surface area contributed by atoms with Crippen LogP contribution in [0.5, 0.6) is 0 Å². The topological polar surface area (TPSA) is 64.3 Å². The van der Waals surface area contributed by atoms with E-state index >= 15 is 0 Å². The second-order valence-corrected chi connectivity index (χ2v) is 4.73. The van der Waals surface area contributed by atoms with Gasteiger partial charge in [-0.3, -0.25) is 4.79 Å². The van der Waals surface area contributed by atoms with Crippen molar-refractivity contribution in [2.24, 2.45) is 0 Å². The molecule has 0 radical (unpaired) electrons. The Labute approximate surface area is 122 Å². The molecular formula is C15H15ClN2O2. The van der Waals surface area contributed by atoms with Gasteiger partial charge in [-0.25, -0.2) is 0 Å². The first-order chi connectivity index (χ1) is 9.60. The van der Waals surface area contributed by atoms with Crippen LogP contribution in [0.1, 0.15) is 15.9 Å². The van der Waals surface area contributed by atoms with Gasteiger partial charge >= 0.3 is 0 Å². The van der Waals surface area contributed by atoms with Crippen LogP contribution >= 0.6 is 11.6 Å². The van der Waals surface area contributed by atoms with E-state index < -0.39 is 0 Å². The predicted octanol–water partition coefficient (Wildman–Crippen LogP) is 3.32. The summed E-state index contributed by atoms with van der Waals surface area (Å²) in [5.41, 5.74) is 8.22. The largest absolute Gasteiger partial charge is 0.398 e. The summed E-state index contributed by atoms with van der Waals surface area (Å²) in [5.74, 6) is -0.233. The second kappa shape index (κ2) is 6.41. The third-order valence-electron chi connectivity index (χ3n) is 2.75. The maximum absolute atomic E-state index is 12.1. The smallest absolute Gasteiger partial charge is 0.255 e. The Kier molecular flexibility index (Phi) is 4.61. The van der Waals surface area contributed by atoms with Crippen molar-refractivity contribution in [3.63, 3.8) is 0 Å². The molecule has 4 nitrogen and oxygen atoms in total. The van der Waals surface area contributed by atoms with E-state index in [4.69, 9.17) is 22.1 Å². The number of nitrogens with one attached hydrogen (secondary N) is 1. The summed E-state index contributed by atoms with van der Waals surface area (Å²) in [6.45, 7) is 0.498. The Morgan fingerprint density at radius 2 is 2.10 bits per heavy atom. The van der Waals surface area contributed by atoms with E-state index in [9.17, 15) is 4.79 Å². The number of carbonyl (C=O) groups excluding carboxylic acids is 1. The number of carbonyl (C=O) groups is 1. The van der Waals surface area contributed by atoms with Crippen molar-refractivity contribution >= 4 is 28.9 Å². The van der Waals surface area contributed by atoms with Gasteiger partial charge < -0.3 is 15.8 Å². The number of ether oxygens (including phenoxy) is 1. The number of nitrogen functional groups attached to an aromatic ring is 1. The van der Waals surface area contributed by atoms with E-state index in [2.05, 4.69) is 5.32 Å². The molecule has 0 fully saturated rings. The first-order valence-corrected chi connectivity index (χ1v) is 6.42. The number of rotatable bonds is 4. The molecule has 5 heteroatoms. The molecule has 0 atom stereocenters. The van der Waals surface area contributed by atoms with Gasteiger partial charge in [0.15, 0.2) is 0 Å². The molecule has 0 saturated carbocycles. The van der Waals surface area contributed by atoms with Gasteiger partial charge in [-0.15, -0.1) is 0 Å². The van der Waals surface area contributed by atoms with Crippen molar-refractivity contribution < 1.29 is 9.53 Å². The van der Waals surface area contributed by atoms with Gasteiger partial charge in [-0.1, -0.05) is 23.7 Å². The molecule has 0 spiro atoms. The van der Waals surface area contributed by atoms with Crippen molar-refractivity contribution in [1.82, 2.24) is 0 Å². The van der Waals surface area contributed by atoms with Crippen LogP contribution in [-0.4, -0.2) is 13.0 Å². The van der Waals surface area contributed by atoms with E-state index in [1.54, 1.807) is 25.3 Å². The number of benzene rings is 2. The quantitative estimate of drug-likeness (QED) is 0.849. The number of hydrogen-bond acceptors (Lipinski definition) is 3. The van der Waals surface area contributed by atoms with Gasteiger partial charge in [-0.2, -0.15) is 0 Å². The Balaban J connectivity index is 2.14. The summed E-state index contributed by atoms with van der Waals surface area (Å²) in [7, 11) is 1.63. The zero-order valence-electron chi connectivity index (χ0n) is 11.0. The number of anilines is 2. The molecule has 1 amide bonds. The van der Waals surface area contributed by atoms with E-state index in [0.717, 1.165) is 5.56 Å². The van der Waals surface area contributed by atoms with Crippen molar-refractivity contribution in [2.45, 2.75) is 6.61 Å². The lowest BCUT2D eigenvalue weighted by Crippen LogP contribution is -2.12. The minimum atomic E-state index is -0.233. The van der Waals surface area contributed by atoms with Gasteiger partial charge in [0.25, 0.3) is 5.91 Å². The number of halogens is 1. The summed E-state index contributed by atoms with van der Waals surface area (Å²) in [5, 5.41) is 3.24. The van der Waals surface area contributed by atoms with Crippen LogP contribution in [0.25, 0.3) is 0 Å².